The molecule has 23 heavy (non-hydrogen) atoms. The van der Waals surface area contributed by atoms with Gasteiger partial charge in [-0.3, -0.25) is 4.79 Å². The number of hydrogen-bond donors (Lipinski definition) is 2. The maximum absolute atomic E-state index is 12.6. The van der Waals surface area contributed by atoms with Crippen LogP contribution in [0.25, 0.3) is 0 Å². The number of carbonyl (C=O) groups is 1. The van der Waals surface area contributed by atoms with Gasteiger partial charge < -0.3 is 15.8 Å². The number of rotatable bonds is 4. The lowest BCUT2D eigenvalue weighted by Gasteiger charge is -2.07. The maximum atomic E-state index is 12.6. The van der Waals surface area contributed by atoms with E-state index < -0.39 is 5.91 Å². The van der Waals surface area contributed by atoms with E-state index in [-0.39, 0.29) is 11.9 Å². The first kappa shape index (κ1) is 14.6. The highest BCUT2D eigenvalue weighted by molar-refractivity contribution is 5.99. The van der Waals surface area contributed by atoms with Crippen molar-refractivity contribution < 1.29 is 9.53 Å². The summed E-state index contributed by atoms with van der Waals surface area (Å²) in [4.78, 5) is 16.7. The van der Waals surface area contributed by atoms with Gasteiger partial charge in [-0.2, -0.15) is 9.67 Å². The van der Waals surface area contributed by atoms with E-state index in [1.807, 2.05) is 30.3 Å². The Morgan fingerprint density at radius 1 is 1.13 bits per heavy atom. The van der Waals surface area contributed by atoms with E-state index in [1.165, 1.54) is 7.11 Å². The molecule has 0 saturated carbocycles. The summed E-state index contributed by atoms with van der Waals surface area (Å²) in [5.74, 6) is 0.287. The first-order chi connectivity index (χ1) is 11.2. The van der Waals surface area contributed by atoms with Crippen molar-refractivity contribution in [1.82, 2.24) is 14.8 Å². The lowest BCUT2D eigenvalue weighted by molar-refractivity contribution is 0.0945. The molecular formula is C16H15N5O2. The third kappa shape index (κ3) is 2.98. The molecule has 3 rings (SSSR count). The average molecular weight is 309 g/mol. The second-order valence-corrected chi connectivity index (χ2v) is 4.70. The lowest BCUT2D eigenvalue weighted by atomic mass is 10.2. The summed E-state index contributed by atoms with van der Waals surface area (Å²) in [5.41, 5.74) is 6.97. The van der Waals surface area contributed by atoms with Crippen LogP contribution in [-0.2, 0) is 0 Å². The van der Waals surface area contributed by atoms with Gasteiger partial charge in [0, 0.05) is 5.69 Å². The van der Waals surface area contributed by atoms with Gasteiger partial charge in [-0.1, -0.05) is 30.3 Å². The molecule has 116 valence electrons. The van der Waals surface area contributed by atoms with E-state index in [2.05, 4.69) is 15.4 Å². The van der Waals surface area contributed by atoms with Crippen LogP contribution in [0.1, 0.15) is 10.4 Å². The molecule has 0 aliphatic heterocycles. The van der Waals surface area contributed by atoms with Crippen LogP contribution < -0.4 is 15.8 Å². The number of carbonyl (C=O) groups excluding carboxylic acids is 1. The zero-order valence-corrected chi connectivity index (χ0v) is 12.4. The van der Waals surface area contributed by atoms with Crippen LogP contribution in [-0.4, -0.2) is 27.8 Å². The first-order valence-electron chi connectivity index (χ1n) is 6.91. The molecule has 0 spiro atoms. The van der Waals surface area contributed by atoms with Crippen molar-refractivity contribution in [3.63, 3.8) is 0 Å². The number of hydrogen-bond acceptors (Lipinski definition) is 6. The van der Waals surface area contributed by atoms with Gasteiger partial charge in [0.2, 0.25) is 11.9 Å². The molecule has 3 aromatic rings. The van der Waals surface area contributed by atoms with Crippen LogP contribution in [0.4, 0.5) is 17.6 Å². The molecule has 0 amide bonds. The Morgan fingerprint density at radius 2 is 1.83 bits per heavy atom. The molecule has 0 aliphatic carbocycles. The van der Waals surface area contributed by atoms with Crippen LogP contribution in [0.5, 0.6) is 5.75 Å². The van der Waals surface area contributed by atoms with Gasteiger partial charge in [0.25, 0.3) is 5.91 Å². The fourth-order valence-electron chi connectivity index (χ4n) is 2.11. The molecule has 7 nitrogen and oxygen atoms in total. The first-order valence-corrected chi connectivity index (χ1v) is 6.91. The number of anilines is 3. The molecule has 1 aromatic heterocycles. The summed E-state index contributed by atoms with van der Waals surface area (Å²) in [6.07, 6.45) is 0. The summed E-state index contributed by atoms with van der Waals surface area (Å²) in [5, 5.41) is 7.11. The van der Waals surface area contributed by atoms with E-state index in [0.717, 1.165) is 10.4 Å². The van der Waals surface area contributed by atoms with Crippen molar-refractivity contribution >= 4 is 23.5 Å². The van der Waals surface area contributed by atoms with Crippen LogP contribution in [0, 0.1) is 0 Å². The van der Waals surface area contributed by atoms with Crippen LogP contribution in [0.2, 0.25) is 0 Å². The van der Waals surface area contributed by atoms with Crippen LogP contribution >= 0.6 is 0 Å². The number of para-hydroxylation sites is 2. The maximum Gasteiger partial charge on any atom is 0.285 e. The van der Waals surface area contributed by atoms with Gasteiger partial charge in [-0.25, -0.2) is 0 Å². The van der Waals surface area contributed by atoms with Gasteiger partial charge in [-0.15, -0.1) is 5.10 Å². The molecule has 1 heterocycles. The Labute approximate surface area is 132 Å². The molecule has 7 heteroatoms. The smallest absolute Gasteiger partial charge is 0.285 e. The largest absolute Gasteiger partial charge is 0.496 e. The number of nitrogens with zero attached hydrogens (tertiary/aromatic N) is 3. The Morgan fingerprint density at radius 3 is 2.57 bits per heavy atom. The number of methoxy groups -OCH3 is 1. The third-order valence-electron chi connectivity index (χ3n) is 3.19. The van der Waals surface area contributed by atoms with Gasteiger partial charge in [0.1, 0.15) is 5.75 Å². The molecule has 0 saturated heterocycles. The van der Waals surface area contributed by atoms with Gasteiger partial charge in [-0.05, 0) is 24.3 Å². The Bertz CT molecular complexity index is 829. The van der Waals surface area contributed by atoms with Crippen molar-refractivity contribution in [3.05, 3.63) is 60.2 Å². The number of nitrogens with two attached hydrogens (primary N) is 1. The monoisotopic (exact) mass is 309 g/mol. The fourth-order valence-corrected chi connectivity index (χ4v) is 2.11. The van der Waals surface area contributed by atoms with E-state index in [0.29, 0.717) is 11.3 Å². The molecular weight excluding hydrogens is 294 g/mol. The van der Waals surface area contributed by atoms with Crippen LogP contribution in [0.3, 0.4) is 0 Å². The molecule has 0 atom stereocenters. The molecule has 0 radical (unpaired) electrons. The molecule has 0 fully saturated rings. The highest BCUT2D eigenvalue weighted by Crippen LogP contribution is 2.20. The highest BCUT2D eigenvalue weighted by Gasteiger charge is 2.19. The number of aromatic nitrogens is 3. The summed E-state index contributed by atoms with van der Waals surface area (Å²) in [6.45, 7) is 0. The normalized spacial score (nSPS) is 10.3. The van der Waals surface area contributed by atoms with E-state index in [4.69, 9.17) is 10.5 Å². The Hall–Kier alpha value is -3.35. The lowest BCUT2D eigenvalue weighted by Crippen LogP contribution is -2.17. The number of benzene rings is 2. The molecule has 0 aliphatic rings. The van der Waals surface area contributed by atoms with Gasteiger partial charge in [0.15, 0.2) is 0 Å². The van der Waals surface area contributed by atoms with Crippen molar-refractivity contribution in [2.75, 3.05) is 18.2 Å². The number of ether oxygens (including phenoxy) is 1. The van der Waals surface area contributed by atoms with E-state index in [1.54, 1.807) is 24.3 Å². The summed E-state index contributed by atoms with van der Waals surface area (Å²) in [6, 6.07) is 16.2. The van der Waals surface area contributed by atoms with Gasteiger partial charge >= 0.3 is 0 Å². The highest BCUT2D eigenvalue weighted by atomic mass is 16.5. The second-order valence-electron chi connectivity index (χ2n) is 4.70. The summed E-state index contributed by atoms with van der Waals surface area (Å²) in [7, 11) is 1.50. The number of nitrogen functional groups attached to an aromatic ring is 1. The molecule has 2 aromatic carbocycles. The summed E-state index contributed by atoms with van der Waals surface area (Å²) < 4.78 is 6.24. The van der Waals surface area contributed by atoms with Crippen molar-refractivity contribution in [2.45, 2.75) is 0 Å². The van der Waals surface area contributed by atoms with Crippen molar-refractivity contribution in [1.29, 1.82) is 0 Å². The number of nitrogens with one attached hydrogen (secondary N) is 1. The molecule has 0 bridgehead atoms. The predicted octanol–water partition coefficient (Wildman–Crippen LogP) is 2.30. The average Bonchev–Trinajstić information content (AvgIpc) is 2.95. The topological polar surface area (TPSA) is 95.1 Å². The minimum absolute atomic E-state index is 0.000614. The minimum atomic E-state index is -0.409. The molecule has 3 N–H and O–H groups in total. The van der Waals surface area contributed by atoms with Crippen LogP contribution in [0.15, 0.2) is 54.6 Å². The van der Waals surface area contributed by atoms with Crippen molar-refractivity contribution in [2.24, 2.45) is 0 Å². The van der Waals surface area contributed by atoms with E-state index in [9.17, 15) is 4.79 Å². The SMILES string of the molecule is COc1ccccc1C(=O)n1nc(Nc2ccccc2)nc1N. The molecule has 0 unspecified atom stereocenters. The third-order valence-corrected chi connectivity index (χ3v) is 3.19. The Kier molecular flexibility index (Phi) is 3.92. The Balaban J connectivity index is 1.90. The quantitative estimate of drug-likeness (QED) is 0.768. The summed E-state index contributed by atoms with van der Waals surface area (Å²) >= 11 is 0. The minimum Gasteiger partial charge on any atom is -0.496 e. The van der Waals surface area contributed by atoms with E-state index >= 15 is 0 Å². The standard InChI is InChI=1S/C16H15N5O2/c1-23-13-10-6-5-9-12(13)14(22)21-15(17)19-16(20-21)18-11-7-3-2-4-8-11/h2-10H,1H3,(H3,17,18,19,20). The van der Waals surface area contributed by atoms with Crippen molar-refractivity contribution in [3.8, 4) is 5.75 Å². The fraction of sp³-hybridized carbons (Fsp3) is 0.0625. The predicted molar refractivity (Wildman–Crippen MR) is 86.9 cm³/mol. The van der Waals surface area contributed by atoms with Gasteiger partial charge in [0.05, 0.1) is 12.7 Å². The second kappa shape index (κ2) is 6.18. The zero-order chi connectivity index (χ0) is 16.2. The zero-order valence-electron chi connectivity index (χ0n) is 12.4.